The maximum Gasteiger partial charge on any atom is 0.0787 e. The van der Waals surface area contributed by atoms with E-state index in [4.69, 9.17) is 4.98 Å². The molecule has 0 bridgehead atoms. The summed E-state index contributed by atoms with van der Waals surface area (Å²) >= 11 is 0. The van der Waals surface area contributed by atoms with Crippen LogP contribution in [0.15, 0.2) is 91.0 Å². The fourth-order valence-corrected chi connectivity index (χ4v) is 3.13. The molecule has 0 saturated heterocycles. The van der Waals surface area contributed by atoms with E-state index in [1.54, 1.807) is 0 Å². The fourth-order valence-electron chi connectivity index (χ4n) is 3.13. The molecule has 0 saturated carbocycles. The molecule has 0 N–H and O–H groups in total. The molecule has 4 aromatic rings. The van der Waals surface area contributed by atoms with Gasteiger partial charge in [0.1, 0.15) is 0 Å². The number of pyridine rings is 1. The smallest absolute Gasteiger partial charge is 0.0787 e. The summed E-state index contributed by atoms with van der Waals surface area (Å²) in [5.74, 6) is 0. The lowest BCUT2D eigenvalue weighted by Crippen LogP contribution is -1.93. The van der Waals surface area contributed by atoms with Gasteiger partial charge >= 0.3 is 0 Å². The normalized spacial score (nSPS) is 10.7. The molecule has 0 fully saturated rings. The molecule has 26 heavy (non-hydrogen) atoms. The lowest BCUT2D eigenvalue weighted by molar-refractivity contribution is 1.32. The molecule has 0 amide bonds. The van der Waals surface area contributed by atoms with Crippen LogP contribution < -0.4 is 0 Å². The summed E-state index contributed by atoms with van der Waals surface area (Å²) in [5, 5.41) is 0. The van der Waals surface area contributed by atoms with E-state index in [0.29, 0.717) is 0 Å². The van der Waals surface area contributed by atoms with Crippen molar-refractivity contribution in [2.24, 2.45) is 0 Å². The van der Waals surface area contributed by atoms with Crippen molar-refractivity contribution < 1.29 is 0 Å². The van der Waals surface area contributed by atoms with Crippen LogP contribution in [0.2, 0.25) is 0 Å². The lowest BCUT2D eigenvalue weighted by atomic mass is 9.97. The van der Waals surface area contributed by atoms with Gasteiger partial charge in [0.2, 0.25) is 0 Å². The average molecular weight is 335 g/mol. The molecule has 3 aromatic carbocycles. The van der Waals surface area contributed by atoms with Crippen LogP contribution in [-0.4, -0.2) is 4.98 Å². The van der Waals surface area contributed by atoms with Crippen LogP contribution in [0.4, 0.5) is 0 Å². The number of rotatable bonds is 3. The molecule has 0 spiro atoms. The Morgan fingerprint density at radius 3 is 1.69 bits per heavy atom. The standard InChI is InChI=1S/C25H21N/c1-18-8-12-20(13-9-18)23-16-17-24(21-14-10-19(2)11-15-21)26-25(23)22-6-4-3-5-7-22/h3-17H,1-2H3. The zero-order valence-corrected chi connectivity index (χ0v) is 15.1. The van der Waals surface area contributed by atoms with Crippen LogP contribution in [0.25, 0.3) is 33.6 Å². The highest BCUT2D eigenvalue weighted by Gasteiger charge is 2.11. The van der Waals surface area contributed by atoms with Crippen molar-refractivity contribution in [1.82, 2.24) is 4.98 Å². The summed E-state index contributed by atoms with van der Waals surface area (Å²) in [7, 11) is 0. The molecule has 0 aliphatic heterocycles. The highest BCUT2D eigenvalue weighted by Crippen LogP contribution is 2.33. The minimum absolute atomic E-state index is 1.000. The van der Waals surface area contributed by atoms with Crippen molar-refractivity contribution in [1.29, 1.82) is 0 Å². The van der Waals surface area contributed by atoms with Gasteiger partial charge in [-0.05, 0) is 25.5 Å². The van der Waals surface area contributed by atoms with Gasteiger partial charge in [0, 0.05) is 16.7 Å². The minimum Gasteiger partial charge on any atom is -0.247 e. The lowest BCUT2D eigenvalue weighted by Gasteiger charge is -2.12. The van der Waals surface area contributed by atoms with E-state index in [-0.39, 0.29) is 0 Å². The van der Waals surface area contributed by atoms with E-state index in [1.165, 1.54) is 16.7 Å². The van der Waals surface area contributed by atoms with Gasteiger partial charge in [-0.1, -0.05) is 96.1 Å². The van der Waals surface area contributed by atoms with Crippen molar-refractivity contribution in [2.45, 2.75) is 13.8 Å². The van der Waals surface area contributed by atoms with E-state index < -0.39 is 0 Å². The topological polar surface area (TPSA) is 12.9 Å². The molecule has 0 unspecified atom stereocenters. The van der Waals surface area contributed by atoms with E-state index in [2.05, 4.69) is 98.8 Å². The van der Waals surface area contributed by atoms with Gasteiger partial charge in [0.05, 0.1) is 11.4 Å². The van der Waals surface area contributed by atoms with Gasteiger partial charge in [-0.2, -0.15) is 0 Å². The summed E-state index contributed by atoms with van der Waals surface area (Å²) < 4.78 is 0. The first-order chi connectivity index (χ1) is 12.7. The number of hydrogen-bond donors (Lipinski definition) is 0. The predicted molar refractivity (Wildman–Crippen MR) is 110 cm³/mol. The number of benzene rings is 3. The monoisotopic (exact) mass is 335 g/mol. The molecule has 0 aliphatic carbocycles. The average Bonchev–Trinajstić information content (AvgIpc) is 2.69. The Morgan fingerprint density at radius 1 is 0.500 bits per heavy atom. The van der Waals surface area contributed by atoms with Crippen LogP contribution in [0, 0.1) is 13.8 Å². The summed E-state index contributed by atoms with van der Waals surface area (Å²) in [6, 6.07) is 31.9. The first kappa shape index (κ1) is 16.3. The molecule has 1 aromatic heterocycles. The van der Waals surface area contributed by atoms with E-state index in [1.807, 2.05) is 6.07 Å². The van der Waals surface area contributed by atoms with E-state index in [0.717, 1.165) is 28.1 Å². The van der Waals surface area contributed by atoms with Crippen LogP contribution in [-0.2, 0) is 0 Å². The van der Waals surface area contributed by atoms with E-state index >= 15 is 0 Å². The first-order valence-corrected chi connectivity index (χ1v) is 8.91. The third-order valence-corrected chi connectivity index (χ3v) is 4.65. The minimum atomic E-state index is 1.000. The van der Waals surface area contributed by atoms with Crippen molar-refractivity contribution in [3.05, 3.63) is 102 Å². The van der Waals surface area contributed by atoms with Crippen LogP contribution in [0.1, 0.15) is 11.1 Å². The number of nitrogens with zero attached hydrogens (tertiary/aromatic N) is 1. The maximum absolute atomic E-state index is 5.04. The molecule has 0 atom stereocenters. The van der Waals surface area contributed by atoms with Crippen LogP contribution >= 0.6 is 0 Å². The molecule has 1 nitrogen and oxygen atoms in total. The van der Waals surface area contributed by atoms with Gasteiger partial charge < -0.3 is 0 Å². The SMILES string of the molecule is Cc1ccc(-c2ccc(-c3ccc(C)cc3)c(-c3ccccc3)n2)cc1. The Morgan fingerprint density at radius 2 is 1.08 bits per heavy atom. The van der Waals surface area contributed by atoms with Gasteiger partial charge in [-0.25, -0.2) is 4.98 Å². The molecule has 0 aliphatic rings. The molecule has 1 heterocycles. The van der Waals surface area contributed by atoms with Gasteiger partial charge in [-0.15, -0.1) is 0 Å². The number of aryl methyl sites for hydroxylation is 2. The van der Waals surface area contributed by atoms with Crippen LogP contribution in [0.3, 0.4) is 0 Å². The summed E-state index contributed by atoms with van der Waals surface area (Å²) in [5.41, 5.74) is 9.17. The zero-order chi connectivity index (χ0) is 17.9. The second-order valence-corrected chi connectivity index (χ2v) is 6.69. The van der Waals surface area contributed by atoms with Crippen molar-refractivity contribution in [3.8, 4) is 33.6 Å². The molecule has 1 heteroatoms. The molecule has 0 radical (unpaired) electrons. The van der Waals surface area contributed by atoms with Crippen molar-refractivity contribution in [3.63, 3.8) is 0 Å². The highest BCUT2D eigenvalue weighted by molar-refractivity contribution is 5.82. The summed E-state index contributed by atoms with van der Waals surface area (Å²) in [4.78, 5) is 5.04. The number of aromatic nitrogens is 1. The fraction of sp³-hybridized carbons (Fsp3) is 0.0800. The Labute approximate surface area is 155 Å². The van der Waals surface area contributed by atoms with Crippen molar-refractivity contribution in [2.75, 3.05) is 0 Å². The Hall–Kier alpha value is -3.19. The Kier molecular flexibility index (Phi) is 4.37. The summed E-state index contributed by atoms with van der Waals surface area (Å²) in [6.07, 6.45) is 0. The zero-order valence-electron chi connectivity index (χ0n) is 15.1. The summed E-state index contributed by atoms with van der Waals surface area (Å²) in [6.45, 7) is 4.22. The number of hydrogen-bond acceptors (Lipinski definition) is 1. The second-order valence-electron chi connectivity index (χ2n) is 6.69. The maximum atomic E-state index is 5.04. The Balaban J connectivity index is 1.89. The van der Waals surface area contributed by atoms with Gasteiger partial charge in [0.15, 0.2) is 0 Å². The second kappa shape index (κ2) is 6.97. The van der Waals surface area contributed by atoms with E-state index in [9.17, 15) is 0 Å². The first-order valence-electron chi connectivity index (χ1n) is 8.91. The molecule has 126 valence electrons. The van der Waals surface area contributed by atoms with Gasteiger partial charge in [0.25, 0.3) is 0 Å². The van der Waals surface area contributed by atoms with Crippen LogP contribution in [0.5, 0.6) is 0 Å². The molecular weight excluding hydrogens is 314 g/mol. The van der Waals surface area contributed by atoms with Gasteiger partial charge in [-0.3, -0.25) is 0 Å². The molecule has 4 rings (SSSR count). The third-order valence-electron chi connectivity index (χ3n) is 4.65. The highest BCUT2D eigenvalue weighted by atomic mass is 14.7. The predicted octanol–water partition coefficient (Wildman–Crippen LogP) is 6.70. The Bertz CT molecular complexity index is 1010. The largest absolute Gasteiger partial charge is 0.247 e. The third kappa shape index (κ3) is 3.29. The van der Waals surface area contributed by atoms with Crippen molar-refractivity contribution >= 4 is 0 Å². The molecular formula is C25H21N. The quantitative estimate of drug-likeness (QED) is 0.406.